The van der Waals surface area contributed by atoms with E-state index in [2.05, 4.69) is 97.1 Å². The molecule has 0 aliphatic heterocycles. The third-order valence-corrected chi connectivity index (χ3v) is 4.31. The summed E-state index contributed by atoms with van der Waals surface area (Å²) in [6, 6.07) is 54.3. The number of hydrogen-bond donors (Lipinski definition) is 0. The molecule has 6 aromatic rings. The van der Waals surface area contributed by atoms with Crippen LogP contribution in [0.25, 0.3) is 21.5 Å². The average molecular weight is 577 g/mol. The standard InChI is InChI=1S/2C9H7.2C6H5.2ClH.Si.Zr/c2*1-2-5-9-7-3-6-8(9)4-1;2*1-2-4-6-5-3-1;;;;/h2*1-7H;2*1-5H;2*1H;;/q4*-1;;;;+4. The Balaban J connectivity index is 0. The summed E-state index contributed by atoms with van der Waals surface area (Å²) in [7, 11) is 0. The number of halogens is 2. The van der Waals surface area contributed by atoms with Crippen LogP contribution in [-0.4, -0.2) is 11.0 Å². The molecule has 0 nitrogen and oxygen atoms in total. The van der Waals surface area contributed by atoms with Gasteiger partial charge in [0.25, 0.3) is 0 Å². The molecule has 0 saturated carbocycles. The molecule has 0 fully saturated rings. The summed E-state index contributed by atoms with van der Waals surface area (Å²) in [5.74, 6) is 0. The van der Waals surface area contributed by atoms with Gasteiger partial charge < -0.3 is 0 Å². The van der Waals surface area contributed by atoms with E-state index in [4.69, 9.17) is 0 Å². The van der Waals surface area contributed by atoms with E-state index in [9.17, 15) is 0 Å². The Labute approximate surface area is 239 Å². The molecule has 6 aromatic carbocycles. The molecule has 0 unspecified atom stereocenters. The van der Waals surface area contributed by atoms with Crippen molar-refractivity contribution in [2.75, 3.05) is 0 Å². The minimum atomic E-state index is 0. The van der Waals surface area contributed by atoms with E-state index >= 15 is 0 Å². The summed E-state index contributed by atoms with van der Waals surface area (Å²) in [5, 5.41) is 5.32. The second kappa shape index (κ2) is 21.3. The topological polar surface area (TPSA) is 0 Å². The molecule has 6 rings (SSSR count). The van der Waals surface area contributed by atoms with E-state index in [1.54, 1.807) is 0 Å². The van der Waals surface area contributed by atoms with Crippen LogP contribution in [0.2, 0.25) is 0 Å². The smallest absolute Gasteiger partial charge is 0.184 e. The van der Waals surface area contributed by atoms with Gasteiger partial charge in [0.15, 0.2) is 0 Å². The van der Waals surface area contributed by atoms with Crippen molar-refractivity contribution in [3.8, 4) is 0 Å². The van der Waals surface area contributed by atoms with E-state index < -0.39 is 0 Å². The van der Waals surface area contributed by atoms with Gasteiger partial charge in [-0.2, -0.15) is 108 Å². The van der Waals surface area contributed by atoms with Crippen LogP contribution in [0.1, 0.15) is 0 Å². The van der Waals surface area contributed by atoms with Crippen LogP contribution in [0.15, 0.2) is 146 Å². The molecule has 0 aromatic heterocycles. The summed E-state index contributed by atoms with van der Waals surface area (Å²) < 4.78 is 0. The normalized spacial score (nSPS) is 8.24. The molecule has 0 aliphatic rings. The second-order valence-electron chi connectivity index (χ2n) is 6.46. The number of hydrogen-bond acceptors (Lipinski definition) is 0. The first-order chi connectivity index (χ1) is 14.9. The SMILES string of the molecule is Cl.Cl.[Si].[Zr+4].[c-]1ccccc1.[c-]1ccccc1.c1ccc2[cH-]ccc2c1.c1ccc2[cH-]ccc2c1. The zero-order valence-electron chi connectivity index (χ0n) is 18.7. The summed E-state index contributed by atoms with van der Waals surface area (Å²) in [5.41, 5.74) is 0. The number of benzene rings is 4. The molecule has 168 valence electrons. The van der Waals surface area contributed by atoms with Gasteiger partial charge in [-0.05, 0) is 0 Å². The van der Waals surface area contributed by atoms with Crippen molar-refractivity contribution in [2.45, 2.75) is 0 Å². The molecular weight excluding hydrogens is 551 g/mol. The van der Waals surface area contributed by atoms with Gasteiger partial charge in [0.1, 0.15) is 0 Å². The number of rotatable bonds is 0. The van der Waals surface area contributed by atoms with Crippen LogP contribution >= 0.6 is 24.8 Å². The number of fused-ring (bicyclic) bond motifs is 2. The summed E-state index contributed by atoms with van der Waals surface area (Å²) in [6.45, 7) is 0. The van der Waals surface area contributed by atoms with Crippen LogP contribution < -0.4 is 0 Å². The summed E-state index contributed by atoms with van der Waals surface area (Å²) >= 11 is 0. The molecule has 34 heavy (non-hydrogen) atoms. The van der Waals surface area contributed by atoms with Crippen molar-refractivity contribution in [1.29, 1.82) is 0 Å². The zero-order chi connectivity index (χ0) is 20.7. The van der Waals surface area contributed by atoms with Crippen molar-refractivity contribution in [3.63, 3.8) is 0 Å². The van der Waals surface area contributed by atoms with Gasteiger partial charge in [0, 0.05) is 11.0 Å². The van der Waals surface area contributed by atoms with Crippen LogP contribution in [-0.2, 0) is 26.2 Å². The minimum absolute atomic E-state index is 0. The summed E-state index contributed by atoms with van der Waals surface area (Å²) in [6.07, 6.45) is 0. The van der Waals surface area contributed by atoms with Crippen molar-refractivity contribution < 1.29 is 26.2 Å². The average Bonchev–Trinajstić information content (AvgIpc) is 3.52. The Hall–Kier alpha value is -2.22. The minimum Gasteiger partial charge on any atom is -0.184 e. The molecular formula is C30H26Cl2SiZr. The van der Waals surface area contributed by atoms with Gasteiger partial charge in [-0.3, -0.25) is 0 Å². The Bertz CT molecular complexity index is 990. The third-order valence-electron chi connectivity index (χ3n) is 4.31. The first kappa shape index (κ1) is 34.0. The molecule has 0 amide bonds. The predicted octanol–water partition coefficient (Wildman–Crippen LogP) is 8.55. The zero-order valence-corrected chi connectivity index (χ0v) is 23.8. The summed E-state index contributed by atoms with van der Waals surface area (Å²) in [4.78, 5) is 0. The van der Waals surface area contributed by atoms with Gasteiger partial charge in [0.05, 0.1) is 0 Å². The fourth-order valence-electron chi connectivity index (χ4n) is 2.82. The van der Waals surface area contributed by atoms with Gasteiger partial charge >= 0.3 is 26.2 Å². The van der Waals surface area contributed by atoms with E-state index in [-0.39, 0.29) is 62.0 Å². The largest absolute Gasteiger partial charge is 4.00 e. The van der Waals surface area contributed by atoms with Crippen LogP contribution in [0.5, 0.6) is 0 Å². The van der Waals surface area contributed by atoms with Crippen molar-refractivity contribution in [2.24, 2.45) is 0 Å². The maximum absolute atomic E-state index is 2.89. The Morgan fingerprint density at radius 3 is 1.06 bits per heavy atom. The first-order valence-corrected chi connectivity index (χ1v) is 9.96. The van der Waals surface area contributed by atoms with E-state index in [0.29, 0.717) is 0 Å². The molecule has 0 spiro atoms. The van der Waals surface area contributed by atoms with E-state index in [1.807, 2.05) is 60.7 Å². The molecule has 0 N–H and O–H groups in total. The fourth-order valence-corrected chi connectivity index (χ4v) is 2.82. The van der Waals surface area contributed by atoms with Crippen molar-refractivity contribution in [3.05, 3.63) is 158 Å². The third kappa shape index (κ3) is 12.9. The first-order valence-electron chi connectivity index (χ1n) is 9.96. The van der Waals surface area contributed by atoms with Crippen molar-refractivity contribution >= 4 is 57.3 Å². The van der Waals surface area contributed by atoms with Crippen LogP contribution in [0.3, 0.4) is 0 Å². The van der Waals surface area contributed by atoms with Crippen molar-refractivity contribution in [1.82, 2.24) is 0 Å². The molecule has 0 heterocycles. The van der Waals surface area contributed by atoms with E-state index in [1.165, 1.54) is 21.5 Å². The maximum Gasteiger partial charge on any atom is 4.00 e. The van der Waals surface area contributed by atoms with Gasteiger partial charge in [-0.25, -0.2) is 0 Å². The van der Waals surface area contributed by atoms with Gasteiger partial charge in [0.2, 0.25) is 0 Å². The molecule has 4 heteroatoms. The molecule has 4 radical (unpaired) electrons. The molecule has 0 bridgehead atoms. The monoisotopic (exact) mass is 574 g/mol. The predicted molar refractivity (Wildman–Crippen MR) is 150 cm³/mol. The van der Waals surface area contributed by atoms with Crippen LogP contribution in [0.4, 0.5) is 0 Å². The molecule has 0 atom stereocenters. The Morgan fingerprint density at radius 2 is 0.794 bits per heavy atom. The fraction of sp³-hybridized carbons (Fsp3) is 0. The Morgan fingerprint density at radius 1 is 0.441 bits per heavy atom. The molecule has 0 saturated heterocycles. The quantitative estimate of drug-likeness (QED) is 0.126. The maximum atomic E-state index is 2.89. The molecule has 0 aliphatic carbocycles. The second-order valence-corrected chi connectivity index (χ2v) is 6.46. The Kier molecular flexibility index (Phi) is 21.3. The van der Waals surface area contributed by atoms with Gasteiger partial charge in [-0.15, -0.1) is 84.1 Å². The van der Waals surface area contributed by atoms with E-state index in [0.717, 1.165) is 0 Å². The van der Waals surface area contributed by atoms with Crippen LogP contribution in [0, 0.1) is 12.1 Å². The van der Waals surface area contributed by atoms with Gasteiger partial charge in [-0.1, -0.05) is 12.1 Å².